The normalized spacial score (nSPS) is 19.7. The number of anilines is 1. The Morgan fingerprint density at radius 2 is 2.05 bits per heavy atom. The second-order valence-corrected chi connectivity index (χ2v) is 4.57. The molecule has 1 atom stereocenters. The van der Waals surface area contributed by atoms with Crippen LogP contribution < -0.4 is 5.32 Å². The summed E-state index contributed by atoms with van der Waals surface area (Å²) in [7, 11) is 0. The van der Waals surface area contributed by atoms with Crippen molar-refractivity contribution >= 4 is 5.69 Å². The summed E-state index contributed by atoms with van der Waals surface area (Å²) in [4.78, 5) is 0. The molecule has 19 heavy (non-hydrogen) atoms. The zero-order chi connectivity index (χ0) is 13.9. The van der Waals surface area contributed by atoms with E-state index < -0.39 is 25.1 Å². The molecular formula is C13H15F4NO. The van der Waals surface area contributed by atoms with Gasteiger partial charge in [0.05, 0.1) is 6.10 Å². The van der Waals surface area contributed by atoms with Gasteiger partial charge >= 0.3 is 12.3 Å². The molecule has 0 saturated carbocycles. The van der Waals surface area contributed by atoms with E-state index >= 15 is 0 Å². The predicted octanol–water partition coefficient (Wildman–Crippen LogP) is 3.33. The molecule has 2 nitrogen and oxygen atoms in total. The third kappa shape index (κ3) is 3.59. The number of halogens is 4. The van der Waals surface area contributed by atoms with E-state index in [2.05, 4.69) is 5.32 Å². The molecule has 0 saturated heterocycles. The summed E-state index contributed by atoms with van der Waals surface area (Å²) < 4.78 is 54.5. The van der Waals surface area contributed by atoms with Crippen LogP contribution in [0.5, 0.6) is 0 Å². The number of aryl methyl sites for hydroxylation is 1. The summed E-state index contributed by atoms with van der Waals surface area (Å²) >= 11 is 0. The van der Waals surface area contributed by atoms with Crippen molar-refractivity contribution in [1.82, 2.24) is 0 Å². The highest BCUT2D eigenvalue weighted by molar-refractivity contribution is 5.51. The van der Waals surface area contributed by atoms with Gasteiger partial charge in [-0.25, -0.2) is 8.78 Å². The van der Waals surface area contributed by atoms with Gasteiger partial charge in [-0.05, 0) is 24.5 Å². The Labute approximate surface area is 108 Å². The highest BCUT2D eigenvalue weighted by atomic mass is 19.3. The number of alkyl halides is 4. The van der Waals surface area contributed by atoms with Crippen molar-refractivity contribution in [3.05, 3.63) is 29.8 Å². The fourth-order valence-electron chi connectivity index (χ4n) is 1.99. The maximum atomic E-state index is 12.8. The number of rotatable bonds is 4. The van der Waals surface area contributed by atoms with Crippen LogP contribution in [-0.2, 0) is 11.2 Å². The van der Waals surface area contributed by atoms with Crippen LogP contribution in [0, 0.1) is 0 Å². The van der Waals surface area contributed by atoms with Gasteiger partial charge in [0, 0.05) is 12.2 Å². The first-order valence-electron chi connectivity index (χ1n) is 6.08. The molecule has 0 radical (unpaired) electrons. The van der Waals surface area contributed by atoms with Crippen LogP contribution in [0.15, 0.2) is 24.3 Å². The van der Waals surface area contributed by atoms with Gasteiger partial charge in [-0.15, -0.1) is 0 Å². The number of hydrogen-bond acceptors (Lipinski definition) is 2. The maximum absolute atomic E-state index is 12.8. The van der Waals surface area contributed by atoms with Gasteiger partial charge in [0.2, 0.25) is 0 Å². The fraction of sp³-hybridized carbons (Fsp3) is 0.538. The molecule has 1 aromatic carbocycles. The minimum absolute atomic E-state index is 0.344. The first-order chi connectivity index (χ1) is 8.99. The zero-order valence-corrected chi connectivity index (χ0v) is 10.2. The lowest BCUT2D eigenvalue weighted by Gasteiger charge is -2.20. The predicted molar refractivity (Wildman–Crippen MR) is 63.9 cm³/mol. The van der Waals surface area contributed by atoms with Gasteiger partial charge < -0.3 is 10.1 Å². The summed E-state index contributed by atoms with van der Waals surface area (Å²) in [5, 5.41) is 3.08. The number of nitrogens with one attached hydrogen (secondary N) is 1. The molecule has 1 aliphatic rings. The van der Waals surface area contributed by atoms with E-state index in [0.717, 1.165) is 11.3 Å². The molecule has 1 aliphatic heterocycles. The molecular weight excluding hydrogens is 262 g/mol. The van der Waals surface area contributed by atoms with E-state index in [9.17, 15) is 17.6 Å². The Hall–Kier alpha value is -1.30. The van der Waals surface area contributed by atoms with Gasteiger partial charge in [0.1, 0.15) is 6.61 Å². The molecule has 0 spiro atoms. The summed E-state index contributed by atoms with van der Waals surface area (Å²) in [6.07, 6.45) is -2.97. The quantitative estimate of drug-likeness (QED) is 0.852. The molecule has 1 heterocycles. The van der Waals surface area contributed by atoms with Crippen molar-refractivity contribution < 1.29 is 22.3 Å². The van der Waals surface area contributed by atoms with E-state index in [-0.39, 0.29) is 0 Å². The van der Waals surface area contributed by atoms with Gasteiger partial charge in [-0.1, -0.05) is 18.2 Å². The lowest BCUT2D eigenvalue weighted by molar-refractivity contribution is -0.175. The van der Waals surface area contributed by atoms with Crippen LogP contribution in [0.1, 0.15) is 12.0 Å². The van der Waals surface area contributed by atoms with Crippen molar-refractivity contribution in [2.75, 3.05) is 18.5 Å². The van der Waals surface area contributed by atoms with Crippen LogP contribution in [0.3, 0.4) is 0 Å². The van der Waals surface area contributed by atoms with Gasteiger partial charge in [-0.3, -0.25) is 0 Å². The van der Waals surface area contributed by atoms with E-state index in [1.54, 1.807) is 0 Å². The maximum Gasteiger partial charge on any atom is 0.330 e. The standard InChI is InChI=1S/C13H15F4NO/c14-12(15)13(16,17)8-19-10-6-5-9-3-1-2-4-11(9)18-7-10/h1-4,10,12,18H,5-8H2. The van der Waals surface area contributed by atoms with Gasteiger partial charge in [-0.2, -0.15) is 8.78 Å². The monoisotopic (exact) mass is 277 g/mol. The Balaban J connectivity index is 1.89. The lowest BCUT2D eigenvalue weighted by atomic mass is 10.1. The van der Waals surface area contributed by atoms with Gasteiger partial charge in [0.25, 0.3) is 0 Å². The Kier molecular flexibility index (Phi) is 4.29. The Morgan fingerprint density at radius 3 is 2.79 bits per heavy atom. The second-order valence-electron chi connectivity index (χ2n) is 4.57. The summed E-state index contributed by atoms with van der Waals surface area (Å²) in [6.45, 7) is -0.899. The van der Waals surface area contributed by atoms with Crippen molar-refractivity contribution in [3.8, 4) is 0 Å². The summed E-state index contributed by atoms with van der Waals surface area (Å²) in [5.74, 6) is -4.08. The van der Waals surface area contributed by atoms with E-state index in [1.165, 1.54) is 0 Å². The highest BCUT2D eigenvalue weighted by Gasteiger charge is 2.41. The Bertz CT molecular complexity index is 398. The van der Waals surface area contributed by atoms with Crippen molar-refractivity contribution in [1.29, 1.82) is 0 Å². The largest absolute Gasteiger partial charge is 0.382 e. The SMILES string of the molecule is FC(F)C(F)(F)COC1CCc2ccccc2NC1. The average molecular weight is 277 g/mol. The van der Waals surface area contributed by atoms with Crippen LogP contribution >= 0.6 is 0 Å². The van der Waals surface area contributed by atoms with E-state index in [1.807, 2.05) is 24.3 Å². The molecule has 1 unspecified atom stereocenters. The van der Waals surface area contributed by atoms with Crippen molar-refractivity contribution in [2.45, 2.75) is 31.3 Å². The van der Waals surface area contributed by atoms with E-state index in [0.29, 0.717) is 19.4 Å². The van der Waals surface area contributed by atoms with E-state index in [4.69, 9.17) is 4.74 Å². The smallest absolute Gasteiger partial charge is 0.330 e. The topological polar surface area (TPSA) is 21.3 Å². The van der Waals surface area contributed by atoms with Crippen molar-refractivity contribution in [3.63, 3.8) is 0 Å². The molecule has 0 bridgehead atoms. The molecule has 6 heteroatoms. The van der Waals surface area contributed by atoms with Crippen molar-refractivity contribution in [2.24, 2.45) is 0 Å². The molecule has 106 valence electrons. The van der Waals surface area contributed by atoms with Crippen LogP contribution in [-0.4, -0.2) is 31.6 Å². The molecule has 1 N–H and O–H groups in total. The third-order valence-electron chi connectivity index (χ3n) is 3.10. The van der Waals surface area contributed by atoms with Crippen LogP contribution in [0.25, 0.3) is 0 Å². The minimum atomic E-state index is -4.08. The molecule has 1 aromatic rings. The average Bonchev–Trinajstić information content (AvgIpc) is 2.59. The number of hydrogen-bond donors (Lipinski definition) is 1. The molecule has 0 aromatic heterocycles. The molecule has 0 amide bonds. The summed E-state index contributed by atoms with van der Waals surface area (Å²) in [6, 6.07) is 7.61. The second kappa shape index (κ2) is 5.77. The molecule has 0 fully saturated rings. The van der Waals surface area contributed by atoms with Crippen LogP contribution in [0.2, 0.25) is 0 Å². The Morgan fingerprint density at radius 1 is 1.32 bits per heavy atom. The number of ether oxygens (including phenoxy) is 1. The summed E-state index contributed by atoms with van der Waals surface area (Å²) in [5.41, 5.74) is 2.02. The van der Waals surface area contributed by atoms with Gasteiger partial charge in [0.15, 0.2) is 0 Å². The molecule has 0 aliphatic carbocycles. The highest BCUT2D eigenvalue weighted by Crippen LogP contribution is 2.26. The first-order valence-corrected chi connectivity index (χ1v) is 6.08. The number of para-hydroxylation sites is 1. The molecule has 2 rings (SSSR count). The van der Waals surface area contributed by atoms with Crippen LogP contribution in [0.4, 0.5) is 23.2 Å². The number of fused-ring (bicyclic) bond motifs is 1. The minimum Gasteiger partial charge on any atom is -0.382 e. The number of benzene rings is 1. The fourth-order valence-corrected chi connectivity index (χ4v) is 1.99. The third-order valence-corrected chi connectivity index (χ3v) is 3.10. The first kappa shape index (κ1) is 14.1. The lowest BCUT2D eigenvalue weighted by Crippen LogP contribution is -2.36. The zero-order valence-electron chi connectivity index (χ0n) is 10.2.